The molecule has 0 aliphatic heterocycles. The molecule has 11 aromatic carbocycles. The van der Waals surface area contributed by atoms with Crippen molar-refractivity contribution in [3.8, 4) is 23.7 Å². The smallest absolute Gasteiger partial charge is 0.258 e. The van der Waals surface area contributed by atoms with Gasteiger partial charge in [0.1, 0.15) is 0 Å². The number of carbonyl (C=O) groups excluding carboxylic acids is 2. The zero-order valence-electron chi connectivity index (χ0n) is 40.0. The summed E-state index contributed by atoms with van der Waals surface area (Å²) in [7, 11) is 0. The Balaban J connectivity index is 0.886. The minimum Gasteiger partial charge on any atom is -0.301 e. The van der Waals surface area contributed by atoms with Crippen molar-refractivity contribution in [1.82, 2.24) is 0 Å². The van der Waals surface area contributed by atoms with Gasteiger partial charge in [-0.15, -0.1) is 0 Å². The topological polar surface area (TPSA) is 40.6 Å². The second-order valence-electron chi connectivity index (χ2n) is 18.1. The summed E-state index contributed by atoms with van der Waals surface area (Å²) in [5.74, 6) is 13.5. The van der Waals surface area contributed by atoms with Crippen molar-refractivity contribution in [1.29, 1.82) is 0 Å². The molecule has 72 heavy (non-hydrogen) atoms. The van der Waals surface area contributed by atoms with E-state index in [9.17, 15) is 9.59 Å². The summed E-state index contributed by atoms with van der Waals surface area (Å²) in [5.41, 5.74) is 8.05. The molecule has 0 spiro atoms. The minimum absolute atomic E-state index is 0.186. The molecule has 0 saturated carbocycles. The summed E-state index contributed by atoms with van der Waals surface area (Å²) in [6, 6.07) is 80.1. The summed E-state index contributed by atoms with van der Waals surface area (Å²) in [5, 5.41) is 9.05. The van der Waals surface area contributed by atoms with E-state index in [1.54, 1.807) is 24.3 Å². The van der Waals surface area contributed by atoms with Gasteiger partial charge in [0, 0.05) is 44.8 Å². The largest absolute Gasteiger partial charge is 0.301 e. The van der Waals surface area contributed by atoms with Crippen molar-refractivity contribution in [3.05, 3.63) is 287 Å². The van der Waals surface area contributed by atoms with Gasteiger partial charge in [-0.3, -0.25) is 9.59 Å². The highest BCUT2D eigenvalue weighted by atomic mass is 16.2. The molecule has 11 aromatic rings. The van der Waals surface area contributed by atoms with E-state index in [0.717, 1.165) is 87.8 Å². The van der Waals surface area contributed by atoms with Crippen molar-refractivity contribution in [2.45, 2.75) is 25.9 Å². The van der Waals surface area contributed by atoms with Crippen LogP contribution in [-0.4, -0.2) is 11.8 Å². The summed E-state index contributed by atoms with van der Waals surface area (Å²) in [6.45, 7) is 4.07. The van der Waals surface area contributed by atoms with Crippen LogP contribution in [0, 0.1) is 23.7 Å². The molecule has 2 amide bonds. The van der Waals surface area contributed by atoms with Crippen LogP contribution in [0.25, 0.3) is 43.1 Å². The SMILES string of the molecule is C[C@H](c1ccccc1)N(C(=O)c1ccc(C(=O)N(c2ccc(C#Cc3c4ccccc4cc4ccccc34)cc2)[C@H](C)c2ccccc2)cc1)c1ccc(C#Cc2c3ccccc3cc3ccccc23)cc1. The van der Waals surface area contributed by atoms with E-state index in [4.69, 9.17) is 0 Å². The molecule has 0 fully saturated rings. The Morgan fingerprint density at radius 3 is 0.944 bits per heavy atom. The van der Waals surface area contributed by atoms with Gasteiger partial charge in [-0.2, -0.15) is 0 Å². The Kier molecular flexibility index (Phi) is 12.4. The maximum atomic E-state index is 14.8. The zero-order chi connectivity index (χ0) is 49.0. The van der Waals surface area contributed by atoms with Gasteiger partial charge in [-0.25, -0.2) is 0 Å². The average molecular weight is 925 g/mol. The Hall–Kier alpha value is -9.48. The Bertz CT molecular complexity index is 3570. The van der Waals surface area contributed by atoms with E-state index in [0.29, 0.717) is 11.1 Å². The van der Waals surface area contributed by atoms with Crippen LogP contribution in [0.15, 0.2) is 243 Å². The maximum Gasteiger partial charge on any atom is 0.258 e. The number of fused-ring (bicyclic) bond motifs is 4. The highest BCUT2D eigenvalue weighted by Crippen LogP contribution is 2.34. The summed E-state index contributed by atoms with van der Waals surface area (Å²) in [6.07, 6.45) is 0. The van der Waals surface area contributed by atoms with Crippen molar-refractivity contribution in [2.75, 3.05) is 9.80 Å². The van der Waals surface area contributed by atoms with Crippen LogP contribution >= 0.6 is 0 Å². The highest BCUT2D eigenvalue weighted by Gasteiger charge is 2.28. The van der Waals surface area contributed by atoms with Gasteiger partial charge >= 0.3 is 0 Å². The quantitative estimate of drug-likeness (QED) is 0.113. The molecule has 4 nitrogen and oxygen atoms in total. The van der Waals surface area contributed by atoms with Crippen LogP contribution in [0.5, 0.6) is 0 Å². The van der Waals surface area contributed by atoms with Crippen molar-refractivity contribution >= 4 is 66.3 Å². The predicted molar refractivity (Wildman–Crippen MR) is 298 cm³/mol. The molecule has 0 bridgehead atoms. The Morgan fingerprint density at radius 1 is 0.333 bits per heavy atom. The first kappa shape index (κ1) is 45.0. The Morgan fingerprint density at radius 2 is 0.625 bits per heavy atom. The van der Waals surface area contributed by atoms with E-state index in [2.05, 4.69) is 133 Å². The lowest BCUT2D eigenvalue weighted by Gasteiger charge is -2.31. The van der Waals surface area contributed by atoms with Crippen LogP contribution in [0.2, 0.25) is 0 Å². The second kappa shape index (κ2) is 19.9. The molecule has 4 heteroatoms. The first-order chi connectivity index (χ1) is 35.4. The third kappa shape index (κ3) is 8.98. The third-order valence-electron chi connectivity index (χ3n) is 13.7. The fraction of sp³-hybridized carbons (Fsp3) is 0.0588. The minimum atomic E-state index is -0.305. The number of nitrogens with zero attached hydrogens (tertiary/aromatic N) is 2. The summed E-state index contributed by atoms with van der Waals surface area (Å²) >= 11 is 0. The fourth-order valence-electron chi connectivity index (χ4n) is 9.81. The molecule has 0 unspecified atom stereocenters. The number of anilines is 2. The van der Waals surface area contributed by atoms with E-state index in [1.165, 1.54) is 0 Å². The van der Waals surface area contributed by atoms with Crippen molar-refractivity contribution in [2.24, 2.45) is 0 Å². The first-order valence-electron chi connectivity index (χ1n) is 24.3. The van der Waals surface area contributed by atoms with Crippen LogP contribution in [0.4, 0.5) is 11.4 Å². The molecule has 0 saturated heterocycles. The lowest BCUT2D eigenvalue weighted by molar-refractivity contribution is 0.0966. The number of hydrogen-bond donors (Lipinski definition) is 0. The van der Waals surface area contributed by atoms with Crippen LogP contribution in [-0.2, 0) is 0 Å². The molecular formula is C68H48N2O2. The zero-order valence-corrected chi connectivity index (χ0v) is 40.0. The summed E-state index contributed by atoms with van der Waals surface area (Å²) < 4.78 is 0. The van der Waals surface area contributed by atoms with E-state index >= 15 is 0 Å². The molecular weight excluding hydrogens is 877 g/mol. The number of carbonyl (C=O) groups is 2. The van der Waals surface area contributed by atoms with Gasteiger partial charge in [0.05, 0.1) is 12.1 Å². The number of benzene rings is 11. The first-order valence-corrected chi connectivity index (χ1v) is 24.3. The summed E-state index contributed by atoms with van der Waals surface area (Å²) in [4.78, 5) is 33.3. The van der Waals surface area contributed by atoms with Gasteiger partial charge in [-0.1, -0.05) is 181 Å². The maximum absolute atomic E-state index is 14.8. The van der Waals surface area contributed by atoms with Crippen molar-refractivity contribution in [3.63, 3.8) is 0 Å². The number of hydrogen-bond acceptors (Lipinski definition) is 2. The highest BCUT2D eigenvalue weighted by molar-refractivity contribution is 6.10. The van der Waals surface area contributed by atoms with E-state index in [-0.39, 0.29) is 23.9 Å². The normalized spacial score (nSPS) is 11.8. The average Bonchev–Trinajstić information content (AvgIpc) is 3.44. The standard InChI is InChI=1S/C68H48N2O2/c1-47(51-17-5-3-6-18-51)69(59-39-29-49(30-40-59)33-43-65-61-25-13-9-21-55(61)45-56-22-10-14-26-62(56)65)67(71)53-35-37-54(38-36-53)68(72)70(48(2)52-19-7-4-8-20-52)60-41-31-50(32-42-60)34-44-66-63-27-15-11-23-57(63)46-58-24-12-16-28-64(58)66/h3-32,35-42,45-48H,1-2H3/t47-,48-/m1/s1. The van der Waals surface area contributed by atoms with Crippen molar-refractivity contribution < 1.29 is 9.59 Å². The molecule has 11 rings (SSSR count). The van der Waals surface area contributed by atoms with Crippen LogP contribution in [0.3, 0.4) is 0 Å². The van der Waals surface area contributed by atoms with E-state index in [1.807, 2.05) is 133 Å². The van der Waals surface area contributed by atoms with Gasteiger partial charge < -0.3 is 9.80 Å². The van der Waals surface area contributed by atoms with Crippen LogP contribution in [0.1, 0.15) is 80.0 Å². The lowest BCUT2D eigenvalue weighted by Crippen LogP contribution is -2.34. The van der Waals surface area contributed by atoms with Crippen LogP contribution < -0.4 is 9.80 Å². The monoisotopic (exact) mass is 924 g/mol. The second-order valence-corrected chi connectivity index (χ2v) is 18.1. The third-order valence-corrected chi connectivity index (χ3v) is 13.7. The van der Waals surface area contributed by atoms with Gasteiger partial charge in [-0.05, 0) is 153 Å². The van der Waals surface area contributed by atoms with E-state index < -0.39 is 0 Å². The molecule has 0 heterocycles. The number of rotatable bonds is 8. The van der Waals surface area contributed by atoms with Gasteiger partial charge in [0.2, 0.25) is 0 Å². The molecule has 0 aromatic heterocycles. The lowest BCUT2D eigenvalue weighted by atomic mass is 9.97. The fourth-order valence-corrected chi connectivity index (χ4v) is 9.81. The molecule has 0 N–H and O–H groups in total. The predicted octanol–water partition coefficient (Wildman–Crippen LogP) is 15.9. The number of amides is 2. The molecule has 0 radical (unpaired) electrons. The molecule has 0 aliphatic rings. The van der Waals surface area contributed by atoms with Gasteiger partial charge in [0.15, 0.2) is 0 Å². The van der Waals surface area contributed by atoms with Gasteiger partial charge in [0.25, 0.3) is 11.8 Å². The molecule has 2 atom stereocenters. The molecule has 0 aliphatic carbocycles. The Labute approximate surface area is 420 Å². The molecule has 342 valence electrons.